The number of hydrogen-bond acceptors (Lipinski definition) is 3. The Kier molecular flexibility index (Phi) is 3.71. The lowest BCUT2D eigenvalue weighted by atomic mass is 10.0. The highest BCUT2D eigenvalue weighted by molar-refractivity contribution is 5.75. The molecule has 0 aliphatic heterocycles. The van der Waals surface area contributed by atoms with Crippen molar-refractivity contribution in [1.29, 1.82) is 0 Å². The van der Waals surface area contributed by atoms with E-state index >= 15 is 0 Å². The molecular weight excluding hydrogens is 242 g/mol. The van der Waals surface area contributed by atoms with E-state index in [9.17, 15) is 4.79 Å². The van der Waals surface area contributed by atoms with E-state index in [-0.39, 0.29) is 0 Å². The smallest absolute Gasteiger partial charge is 0.310 e. The van der Waals surface area contributed by atoms with Crippen LogP contribution in [0.25, 0.3) is 0 Å². The van der Waals surface area contributed by atoms with Crippen LogP contribution in [0.3, 0.4) is 0 Å². The number of carboxylic acids is 1. The number of benzene rings is 2. The summed E-state index contributed by atoms with van der Waals surface area (Å²) in [5, 5.41) is 8.99. The van der Waals surface area contributed by atoms with Crippen LogP contribution >= 0.6 is 0 Å². The Labute approximate surface area is 111 Å². The maximum Gasteiger partial charge on any atom is 0.310 e. The lowest BCUT2D eigenvalue weighted by Crippen LogP contribution is -2.07. The number of nitrogen functional groups attached to an aromatic ring is 1. The molecular formula is C15H15NO3. The zero-order chi connectivity index (χ0) is 13.8. The van der Waals surface area contributed by atoms with Crippen molar-refractivity contribution in [3.05, 3.63) is 54.1 Å². The minimum atomic E-state index is -0.857. The van der Waals surface area contributed by atoms with Gasteiger partial charge >= 0.3 is 5.97 Å². The molecule has 1 atom stereocenters. The molecule has 0 amide bonds. The van der Waals surface area contributed by atoms with E-state index in [1.807, 2.05) is 0 Å². The third-order valence-corrected chi connectivity index (χ3v) is 2.84. The summed E-state index contributed by atoms with van der Waals surface area (Å²) in [5.41, 5.74) is 6.97. The quantitative estimate of drug-likeness (QED) is 0.825. The van der Waals surface area contributed by atoms with Crippen molar-refractivity contribution >= 4 is 11.7 Å². The van der Waals surface area contributed by atoms with Crippen LogP contribution in [0.2, 0.25) is 0 Å². The Balaban J connectivity index is 2.19. The second-order valence-corrected chi connectivity index (χ2v) is 4.30. The van der Waals surface area contributed by atoms with Gasteiger partial charge in [-0.05, 0) is 48.9 Å². The fourth-order valence-electron chi connectivity index (χ4n) is 1.66. The number of anilines is 1. The summed E-state index contributed by atoms with van der Waals surface area (Å²) in [7, 11) is 0. The number of aliphatic carboxylic acids is 1. The van der Waals surface area contributed by atoms with E-state index in [0.29, 0.717) is 22.7 Å². The van der Waals surface area contributed by atoms with Gasteiger partial charge in [0, 0.05) is 5.69 Å². The van der Waals surface area contributed by atoms with Crippen LogP contribution in [0.5, 0.6) is 11.5 Å². The maximum atomic E-state index is 11.0. The van der Waals surface area contributed by atoms with E-state index in [0.717, 1.165) is 0 Å². The largest absolute Gasteiger partial charge is 0.481 e. The summed E-state index contributed by atoms with van der Waals surface area (Å²) in [6.45, 7) is 1.64. The molecule has 0 radical (unpaired) electrons. The summed E-state index contributed by atoms with van der Waals surface area (Å²) in [6, 6.07) is 14.1. The monoisotopic (exact) mass is 257 g/mol. The van der Waals surface area contributed by atoms with Crippen LogP contribution < -0.4 is 10.5 Å². The lowest BCUT2D eigenvalue weighted by Gasteiger charge is -2.10. The highest BCUT2D eigenvalue weighted by Crippen LogP contribution is 2.26. The SMILES string of the molecule is CC(C(=O)O)c1cccc(Oc2ccc(N)cc2)c1. The molecule has 4 nitrogen and oxygen atoms in total. The van der Waals surface area contributed by atoms with Gasteiger partial charge in [-0.15, -0.1) is 0 Å². The van der Waals surface area contributed by atoms with Gasteiger partial charge in [-0.25, -0.2) is 0 Å². The Hall–Kier alpha value is -2.49. The van der Waals surface area contributed by atoms with Gasteiger partial charge in [0.25, 0.3) is 0 Å². The molecule has 0 aliphatic carbocycles. The predicted octanol–water partition coefficient (Wildman–Crippen LogP) is 3.25. The summed E-state index contributed by atoms with van der Waals surface area (Å²) >= 11 is 0. The van der Waals surface area contributed by atoms with Crippen LogP contribution in [0.4, 0.5) is 5.69 Å². The second kappa shape index (κ2) is 5.44. The first-order chi connectivity index (χ1) is 9.06. The molecule has 3 N–H and O–H groups in total. The summed E-state index contributed by atoms with van der Waals surface area (Å²) in [6.07, 6.45) is 0. The van der Waals surface area contributed by atoms with Gasteiger partial charge in [0.2, 0.25) is 0 Å². The highest BCUT2D eigenvalue weighted by Gasteiger charge is 2.14. The molecule has 0 saturated carbocycles. The third-order valence-electron chi connectivity index (χ3n) is 2.84. The molecule has 19 heavy (non-hydrogen) atoms. The molecule has 4 heteroatoms. The van der Waals surface area contributed by atoms with Crippen molar-refractivity contribution in [3.8, 4) is 11.5 Å². The topological polar surface area (TPSA) is 72.5 Å². The molecule has 0 saturated heterocycles. The van der Waals surface area contributed by atoms with Crippen LogP contribution in [0.15, 0.2) is 48.5 Å². The Bertz CT molecular complexity index is 578. The Morgan fingerprint density at radius 2 is 1.84 bits per heavy atom. The van der Waals surface area contributed by atoms with Gasteiger partial charge in [-0.1, -0.05) is 12.1 Å². The Morgan fingerprint density at radius 1 is 1.16 bits per heavy atom. The number of hydrogen-bond donors (Lipinski definition) is 2. The molecule has 0 fully saturated rings. The molecule has 2 aromatic rings. The van der Waals surface area contributed by atoms with Gasteiger partial charge < -0.3 is 15.6 Å². The van der Waals surface area contributed by atoms with Crippen molar-refractivity contribution in [2.75, 3.05) is 5.73 Å². The first-order valence-electron chi connectivity index (χ1n) is 5.92. The molecule has 0 aromatic heterocycles. The minimum absolute atomic E-state index is 0.560. The zero-order valence-corrected chi connectivity index (χ0v) is 10.5. The highest BCUT2D eigenvalue weighted by atomic mass is 16.5. The predicted molar refractivity (Wildman–Crippen MR) is 73.4 cm³/mol. The molecule has 2 rings (SSSR count). The van der Waals surface area contributed by atoms with Gasteiger partial charge in [0.05, 0.1) is 5.92 Å². The molecule has 0 bridgehead atoms. The van der Waals surface area contributed by atoms with Crippen molar-refractivity contribution in [2.45, 2.75) is 12.8 Å². The van der Waals surface area contributed by atoms with E-state index in [4.69, 9.17) is 15.6 Å². The molecule has 98 valence electrons. The van der Waals surface area contributed by atoms with E-state index in [2.05, 4.69) is 0 Å². The number of carbonyl (C=O) groups is 1. The van der Waals surface area contributed by atoms with Gasteiger partial charge in [-0.2, -0.15) is 0 Å². The van der Waals surface area contributed by atoms with Crippen LogP contribution in [0.1, 0.15) is 18.4 Å². The summed E-state index contributed by atoms with van der Waals surface area (Å²) in [5.74, 6) is -0.149. The molecule has 0 heterocycles. The maximum absolute atomic E-state index is 11.0. The number of nitrogens with two attached hydrogens (primary N) is 1. The zero-order valence-electron chi connectivity index (χ0n) is 10.5. The number of carboxylic acid groups (broad SMARTS) is 1. The van der Waals surface area contributed by atoms with Crippen molar-refractivity contribution < 1.29 is 14.6 Å². The minimum Gasteiger partial charge on any atom is -0.481 e. The van der Waals surface area contributed by atoms with E-state index in [1.54, 1.807) is 55.5 Å². The fraction of sp³-hybridized carbons (Fsp3) is 0.133. The second-order valence-electron chi connectivity index (χ2n) is 4.30. The van der Waals surface area contributed by atoms with Crippen molar-refractivity contribution in [1.82, 2.24) is 0 Å². The summed E-state index contributed by atoms with van der Waals surface area (Å²) < 4.78 is 5.66. The average molecular weight is 257 g/mol. The van der Waals surface area contributed by atoms with E-state index < -0.39 is 11.9 Å². The van der Waals surface area contributed by atoms with Crippen LogP contribution in [-0.2, 0) is 4.79 Å². The lowest BCUT2D eigenvalue weighted by molar-refractivity contribution is -0.138. The first kappa shape index (κ1) is 13.0. The first-order valence-corrected chi connectivity index (χ1v) is 5.92. The van der Waals surface area contributed by atoms with Gasteiger partial charge in [0.15, 0.2) is 0 Å². The average Bonchev–Trinajstić information content (AvgIpc) is 2.41. The number of ether oxygens (including phenoxy) is 1. The molecule has 0 spiro atoms. The Morgan fingerprint density at radius 3 is 2.47 bits per heavy atom. The van der Waals surface area contributed by atoms with Crippen molar-refractivity contribution in [3.63, 3.8) is 0 Å². The summed E-state index contributed by atoms with van der Waals surface area (Å²) in [4.78, 5) is 11.0. The molecule has 0 aliphatic rings. The molecule has 2 aromatic carbocycles. The van der Waals surface area contributed by atoms with Crippen LogP contribution in [0, 0.1) is 0 Å². The van der Waals surface area contributed by atoms with Gasteiger partial charge in [0.1, 0.15) is 11.5 Å². The van der Waals surface area contributed by atoms with E-state index in [1.165, 1.54) is 0 Å². The normalized spacial score (nSPS) is 11.8. The van der Waals surface area contributed by atoms with Crippen molar-refractivity contribution in [2.24, 2.45) is 0 Å². The van der Waals surface area contributed by atoms with Gasteiger partial charge in [-0.3, -0.25) is 4.79 Å². The van der Waals surface area contributed by atoms with Crippen LogP contribution in [-0.4, -0.2) is 11.1 Å². The third kappa shape index (κ3) is 3.25. The number of rotatable bonds is 4. The molecule has 1 unspecified atom stereocenters. The fourth-order valence-corrected chi connectivity index (χ4v) is 1.66. The standard InChI is InChI=1S/C15H15NO3/c1-10(15(17)18)11-3-2-4-14(9-11)19-13-7-5-12(16)6-8-13/h2-10H,16H2,1H3,(H,17,18).